The van der Waals surface area contributed by atoms with Crippen molar-refractivity contribution < 1.29 is 27.2 Å². The molecule has 0 bridgehead atoms. The first-order valence-electron chi connectivity index (χ1n) is 6.86. The lowest BCUT2D eigenvalue weighted by Gasteiger charge is -2.09. The molecule has 6 nitrogen and oxygen atoms in total. The van der Waals surface area contributed by atoms with Gasteiger partial charge in [0.25, 0.3) is 0 Å². The van der Waals surface area contributed by atoms with Gasteiger partial charge in [0.2, 0.25) is 5.91 Å². The fourth-order valence-electron chi connectivity index (χ4n) is 2.12. The number of alkyl halides is 3. The summed E-state index contributed by atoms with van der Waals surface area (Å²) < 4.78 is 44.1. The molecule has 1 saturated heterocycles. The van der Waals surface area contributed by atoms with Crippen molar-refractivity contribution in [2.45, 2.75) is 6.18 Å². The van der Waals surface area contributed by atoms with Gasteiger partial charge in [0, 0.05) is 5.56 Å². The van der Waals surface area contributed by atoms with Crippen LogP contribution in [-0.2, 0) is 11.0 Å². The molecule has 0 atom stereocenters. The Bertz CT molecular complexity index is 876. The Labute approximate surface area is 143 Å². The highest BCUT2D eigenvalue weighted by Crippen LogP contribution is 2.37. The Kier molecular flexibility index (Phi) is 4.25. The van der Waals surface area contributed by atoms with Crippen molar-refractivity contribution >= 4 is 29.8 Å². The van der Waals surface area contributed by atoms with Crippen LogP contribution in [0.2, 0.25) is 5.02 Å². The first-order valence-corrected chi connectivity index (χ1v) is 7.24. The summed E-state index contributed by atoms with van der Waals surface area (Å²) in [5.74, 6) is -0.112. The molecule has 0 unspecified atom stereocenters. The van der Waals surface area contributed by atoms with Gasteiger partial charge in [0.15, 0.2) is 0 Å². The summed E-state index contributed by atoms with van der Waals surface area (Å²) in [5.41, 5.74) is -0.781. The van der Waals surface area contributed by atoms with Gasteiger partial charge in [-0.25, -0.2) is 9.80 Å². The van der Waals surface area contributed by atoms with Gasteiger partial charge in [-0.05, 0) is 30.3 Å². The van der Waals surface area contributed by atoms with Crippen LogP contribution in [0.15, 0.2) is 39.9 Å². The second kappa shape index (κ2) is 6.25. The summed E-state index contributed by atoms with van der Waals surface area (Å²) >= 11 is 5.58. The van der Waals surface area contributed by atoms with Gasteiger partial charge in [-0.3, -0.25) is 10.1 Å². The molecule has 2 aromatic rings. The third kappa shape index (κ3) is 3.66. The maximum Gasteiger partial charge on any atom is 0.417 e. The minimum absolute atomic E-state index is 0.172. The lowest BCUT2D eigenvalue weighted by molar-refractivity contribution is -0.137. The first kappa shape index (κ1) is 17.0. The van der Waals surface area contributed by atoms with E-state index in [0.717, 1.165) is 17.1 Å². The van der Waals surface area contributed by atoms with Gasteiger partial charge in [-0.2, -0.15) is 18.3 Å². The zero-order valence-electron chi connectivity index (χ0n) is 12.3. The molecule has 10 heteroatoms. The molecule has 1 fully saturated rings. The Hall–Kier alpha value is -2.81. The zero-order valence-corrected chi connectivity index (χ0v) is 13.1. The molecule has 3 rings (SSSR count). The highest BCUT2D eigenvalue weighted by molar-refractivity contribution is 6.31. The van der Waals surface area contributed by atoms with Gasteiger partial charge >= 0.3 is 12.2 Å². The van der Waals surface area contributed by atoms with E-state index in [0.29, 0.717) is 0 Å². The Morgan fingerprint density at radius 3 is 2.64 bits per heavy atom. The topological polar surface area (TPSA) is 74.9 Å². The van der Waals surface area contributed by atoms with E-state index < -0.39 is 28.7 Å². The van der Waals surface area contributed by atoms with Gasteiger partial charge in [0.1, 0.15) is 18.1 Å². The number of nitrogens with one attached hydrogen (secondary N) is 1. The molecular weight excluding hydrogens is 363 g/mol. The maximum absolute atomic E-state index is 12.9. The van der Waals surface area contributed by atoms with Crippen LogP contribution in [0.1, 0.15) is 11.3 Å². The smallest absolute Gasteiger partial charge is 0.417 e. The number of urea groups is 1. The van der Waals surface area contributed by atoms with Crippen LogP contribution in [0.3, 0.4) is 0 Å². The van der Waals surface area contributed by atoms with E-state index in [1.165, 1.54) is 24.4 Å². The Morgan fingerprint density at radius 2 is 2.00 bits per heavy atom. The van der Waals surface area contributed by atoms with Crippen LogP contribution in [0.4, 0.5) is 18.0 Å². The fourth-order valence-corrected chi connectivity index (χ4v) is 2.35. The van der Waals surface area contributed by atoms with Gasteiger partial charge in [0.05, 0.1) is 16.8 Å². The summed E-state index contributed by atoms with van der Waals surface area (Å²) in [4.78, 5) is 22.4. The SMILES string of the molecule is O=C1CN(/N=C\c2ccc(-c3ccc(Cl)c(C(F)(F)F)c3)o2)C(=O)N1. The molecule has 3 amide bonds. The van der Waals surface area contributed by atoms with Crippen molar-refractivity contribution in [1.29, 1.82) is 0 Å². The van der Waals surface area contributed by atoms with Crippen LogP contribution in [-0.4, -0.2) is 29.7 Å². The minimum atomic E-state index is -4.58. The standard InChI is InChI=1S/C15H9ClF3N3O3/c16-11-3-1-8(5-10(11)15(17,18)19)12-4-2-9(25-12)6-20-22-7-13(23)21-14(22)24/h1-6H,7H2,(H,21,23,24)/b20-6-. The van der Waals surface area contributed by atoms with Crippen LogP contribution < -0.4 is 5.32 Å². The quantitative estimate of drug-likeness (QED) is 0.662. The molecule has 1 aliphatic rings. The van der Waals surface area contributed by atoms with E-state index in [1.807, 2.05) is 5.32 Å². The summed E-state index contributed by atoms with van der Waals surface area (Å²) in [5, 5.41) is 6.32. The van der Waals surface area contributed by atoms with E-state index in [9.17, 15) is 22.8 Å². The number of halogens is 4. The molecule has 130 valence electrons. The normalized spacial score (nSPS) is 15.3. The van der Waals surface area contributed by atoms with Crippen LogP contribution >= 0.6 is 11.6 Å². The third-order valence-electron chi connectivity index (χ3n) is 3.28. The lowest BCUT2D eigenvalue weighted by Crippen LogP contribution is -2.24. The summed E-state index contributed by atoms with van der Waals surface area (Å²) in [6, 6.07) is 5.67. The number of hydrogen-bond acceptors (Lipinski definition) is 4. The monoisotopic (exact) mass is 371 g/mol. The molecule has 1 aromatic heterocycles. The first-order chi connectivity index (χ1) is 11.7. The number of benzene rings is 1. The average molecular weight is 372 g/mol. The number of hydrazone groups is 1. The molecule has 0 radical (unpaired) electrons. The minimum Gasteiger partial charge on any atom is -0.455 e. The average Bonchev–Trinajstić information content (AvgIpc) is 3.11. The number of amides is 3. The number of nitrogens with zero attached hydrogens (tertiary/aromatic N) is 2. The van der Waals surface area contributed by atoms with E-state index in [4.69, 9.17) is 16.0 Å². The van der Waals surface area contributed by atoms with E-state index in [1.54, 1.807) is 0 Å². The van der Waals surface area contributed by atoms with Crippen molar-refractivity contribution in [3.63, 3.8) is 0 Å². The van der Waals surface area contributed by atoms with Crippen molar-refractivity contribution in [1.82, 2.24) is 10.3 Å². The van der Waals surface area contributed by atoms with E-state index in [-0.39, 0.29) is 23.6 Å². The second-order valence-electron chi connectivity index (χ2n) is 5.05. The number of carbonyl (C=O) groups excluding carboxylic acids is 2. The summed E-state index contributed by atoms with van der Waals surface area (Å²) in [7, 11) is 0. The zero-order chi connectivity index (χ0) is 18.2. The molecular formula is C15H9ClF3N3O3. The van der Waals surface area contributed by atoms with Crippen molar-refractivity contribution in [2.24, 2.45) is 5.10 Å². The Morgan fingerprint density at radius 1 is 1.24 bits per heavy atom. The third-order valence-corrected chi connectivity index (χ3v) is 3.61. The van der Waals surface area contributed by atoms with E-state index in [2.05, 4.69) is 5.10 Å². The highest BCUT2D eigenvalue weighted by atomic mass is 35.5. The van der Waals surface area contributed by atoms with E-state index >= 15 is 0 Å². The second-order valence-corrected chi connectivity index (χ2v) is 5.46. The fraction of sp³-hybridized carbons (Fsp3) is 0.133. The molecule has 0 saturated carbocycles. The number of rotatable bonds is 3. The number of furan rings is 1. The Balaban J connectivity index is 1.82. The largest absolute Gasteiger partial charge is 0.455 e. The molecule has 0 aliphatic carbocycles. The molecule has 0 spiro atoms. The maximum atomic E-state index is 12.9. The molecule has 1 aliphatic heterocycles. The van der Waals surface area contributed by atoms with Crippen molar-refractivity contribution in [2.75, 3.05) is 6.54 Å². The van der Waals surface area contributed by atoms with Crippen molar-refractivity contribution in [3.05, 3.63) is 46.7 Å². The number of hydrogen-bond donors (Lipinski definition) is 1. The predicted molar refractivity (Wildman–Crippen MR) is 82.0 cm³/mol. The highest BCUT2D eigenvalue weighted by Gasteiger charge is 2.33. The lowest BCUT2D eigenvalue weighted by atomic mass is 10.1. The summed E-state index contributed by atoms with van der Waals surface area (Å²) in [6.45, 7) is -0.213. The number of carbonyl (C=O) groups is 2. The van der Waals surface area contributed by atoms with Gasteiger partial charge in [-0.15, -0.1) is 0 Å². The van der Waals surface area contributed by atoms with Gasteiger partial charge < -0.3 is 4.42 Å². The molecule has 1 N–H and O–H groups in total. The molecule has 2 heterocycles. The number of imide groups is 1. The predicted octanol–water partition coefficient (Wildman–Crippen LogP) is 3.50. The van der Waals surface area contributed by atoms with Crippen LogP contribution in [0.5, 0.6) is 0 Å². The van der Waals surface area contributed by atoms with Crippen LogP contribution in [0.25, 0.3) is 11.3 Å². The van der Waals surface area contributed by atoms with Gasteiger partial charge in [-0.1, -0.05) is 11.6 Å². The van der Waals surface area contributed by atoms with Crippen molar-refractivity contribution in [3.8, 4) is 11.3 Å². The van der Waals surface area contributed by atoms with Crippen LogP contribution in [0, 0.1) is 0 Å². The molecule has 1 aromatic carbocycles. The summed E-state index contributed by atoms with van der Waals surface area (Å²) in [6.07, 6.45) is -3.40. The molecule has 25 heavy (non-hydrogen) atoms.